The number of hydrogen-bond donors (Lipinski definition) is 1. The summed E-state index contributed by atoms with van der Waals surface area (Å²) in [6.45, 7) is 1.81. The minimum atomic E-state index is -0.774. The first-order chi connectivity index (χ1) is 14.5. The summed E-state index contributed by atoms with van der Waals surface area (Å²) in [5.41, 5.74) is 0.192. The number of carbonyl (C=O) groups is 2. The molecule has 9 heteroatoms. The number of anilines is 1. The Bertz CT molecular complexity index is 1030. The highest BCUT2D eigenvalue weighted by atomic mass is 16.7. The maximum Gasteiger partial charge on any atom is 0.359 e. The van der Waals surface area contributed by atoms with Gasteiger partial charge in [0.2, 0.25) is 0 Å². The summed E-state index contributed by atoms with van der Waals surface area (Å²) < 4.78 is 18.1. The highest BCUT2D eigenvalue weighted by molar-refractivity contribution is 5.95. The van der Waals surface area contributed by atoms with Crippen molar-refractivity contribution in [3.63, 3.8) is 0 Å². The molecule has 9 nitrogen and oxygen atoms in total. The molecule has 0 bridgehead atoms. The van der Waals surface area contributed by atoms with E-state index in [1.165, 1.54) is 16.8 Å². The second kappa shape index (κ2) is 8.17. The number of hydrogen-bond acceptors (Lipinski definition) is 7. The molecule has 4 rings (SSSR count). The number of esters is 1. The molecule has 158 valence electrons. The minimum Gasteiger partial charge on any atom is -0.451 e. The smallest absolute Gasteiger partial charge is 0.359 e. The molecular weight excluding hydrogens is 390 g/mol. The lowest BCUT2D eigenvalue weighted by molar-refractivity contribution is -0.119. The van der Waals surface area contributed by atoms with Crippen molar-refractivity contribution in [1.82, 2.24) is 9.78 Å². The van der Waals surface area contributed by atoms with Crippen molar-refractivity contribution in [3.05, 3.63) is 46.4 Å². The third-order valence-electron chi connectivity index (χ3n) is 5.03. The van der Waals surface area contributed by atoms with Gasteiger partial charge in [0, 0.05) is 37.2 Å². The number of aryl methyl sites for hydroxylation is 1. The van der Waals surface area contributed by atoms with Crippen molar-refractivity contribution < 1.29 is 23.8 Å². The standard InChI is InChI=1S/C21H23N3O6/c1-2-11-24-19(26)8-6-15(23-24)20(27)28-13-18(25)22-14-5-7-16-17(12-14)30-21(29-16)9-3-4-10-21/h5-8,12H,2-4,9-11,13H2,1H3,(H,22,25). The summed E-state index contributed by atoms with van der Waals surface area (Å²) in [6, 6.07) is 7.70. The van der Waals surface area contributed by atoms with Crippen LogP contribution in [0.15, 0.2) is 35.1 Å². The van der Waals surface area contributed by atoms with Crippen molar-refractivity contribution >= 4 is 17.6 Å². The van der Waals surface area contributed by atoms with Gasteiger partial charge in [-0.15, -0.1) is 0 Å². The second-order valence-corrected chi connectivity index (χ2v) is 7.39. The fourth-order valence-corrected chi connectivity index (χ4v) is 3.62. The van der Waals surface area contributed by atoms with Crippen LogP contribution in [0.2, 0.25) is 0 Å². The predicted octanol–water partition coefficient (Wildman–Crippen LogP) is 2.49. The Morgan fingerprint density at radius 2 is 1.93 bits per heavy atom. The number of carbonyl (C=O) groups excluding carboxylic acids is 2. The van der Waals surface area contributed by atoms with Gasteiger partial charge in [-0.3, -0.25) is 9.59 Å². The van der Waals surface area contributed by atoms with Crippen molar-refractivity contribution in [2.45, 2.75) is 51.4 Å². The molecule has 1 fully saturated rings. The molecule has 1 aliphatic carbocycles. The van der Waals surface area contributed by atoms with E-state index in [0.717, 1.165) is 25.7 Å². The lowest BCUT2D eigenvalue weighted by Crippen LogP contribution is -2.34. The lowest BCUT2D eigenvalue weighted by atomic mass is 10.2. The molecule has 1 spiro atoms. The number of nitrogens with zero attached hydrogens (tertiary/aromatic N) is 2. The predicted molar refractivity (Wildman–Crippen MR) is 107 cm³/mol. The average Bonchev–Trinajstić information content (AvgIpc) is 3.33. The molecule has 2 heterocycles. The Morgan fingerprint density at radius 1 is 1.17 bits per heavy atom. The van der Waals surface area contributed by atoms with Gasteiger partial charge in [0.25, 0.3) is 17.3 Å². The quantitative estimate of drug-likeness (QED) is 0.725. The Hall–Kier alpha value is -3.36. The summed E-state index contributed by atoms with van der Waals surface area (Å²) in [5.74, 6) is -0.589. The second-order valence-electron chi connectivity index (χ2n) is 7.39. The monoisotopic (exact) mass is 413 g/mol. The number of aromatic nitrogens is 2. The molecular formula is C21H23N3O6. The minimum absolute atomic E-state index is 0.0270. The lowest BCUT2D eigenvalue weighted by Gasteiger charge is -2.21. The SMILES string of the molecule is CCCn1nc(C(=O)OCC(=O)Nc2ccc3c(c2)OC2(CCCC2)O3)ccc1=O. The number of ether oxygens (including phenoxy) is 3. The van der Waals surface area contributed by atoms with Crippen LogP contribution in [0, 0.1) is 0 Å². The van der Waals surface area contributed by atoms with Gasteiger partial charge in [-0.25, -0.2) is 9.48 Å². The van der Waals surface area contributed by atoms with Crippen LogP contribution in [0.5, 0.6) is 11.5 Å². The first kappa shape index (κ1) is 19.9. The van der Waals surface area contributed by atoms with Gasteiger partial charge in [-0.2, -0.15) is 5.10 Å². The van der Waals surface area contributed by atoms with E-state index >= 15 is 0 Å². The Labute approximate surface area is 172 Å². The van der Waals surface area contributed by atoms with Crippen LogP contribution >= 0.6 is 0 Å². The maximum absolute atomic E-state index is 12.2. The number of fused-ring (bicyclic) bond motifs is 1. The molecule has 1 amide bonds. The molecule has 1 N–H and O–H groups in total. The van der Waals surface area contributed by atoms with Crippen molar-refractivity contribution in [2.24, 2.45) is 0 Å². The van der Waals surface area contributed by atoms with Gasteiger partial charge in [0.15, 0.2) is 23.8 Å². The molecule has 1 aliphatic heterocycles. The molecule has 0 radical (unpaired) electrons. The summed E-state index contributed by atoms with van der Waals surface area (Å²) in [6.07, 6.45) is 4.52. The van der Waals surface area contributed by atoms with Crippen LogP contribution in [-0.2, 0) is 16.1 Å². The zero-order valence-electron chi connectivity index (χ0n) is 16.7. The van der Waals surface area contributed by atoms with E-state index < -0.39 is 24.3 Å². The van der Waals surface area contributed by atoms with Crippen LogP contribution in [-0.4, -0.2) is 34.1 Å². The first-order valence-electron chi connectivity index (χ1n) is 10.1. The van der Waals surface area contributed by atoms with Crippen molar-refractivity contribution in [1.29, 1.82) is 0 Å². The Kier molecular flexibility index (Phi) is 5.43. The van der Waals surface area contributed by atoms with E-state index in [1.807, 2.05) is 6.92 Å². The molecule has 0 saturated heterocycles. The molecule has 30 heavy (non-hydrogen) atoms. The number of benzene rings is 1. The van der Waals surface area contributed by atoms with Crippen molar-refractivity contribution in [2.75, 3.05) is 11.9 Å². The zero-order valence-corrected chi connectivity index (χ0v) is 16.7. The molecule has 1 saturated carbocycles. The number of nitrogens with one attached hydrogen (secondary N) is 1. The third kappa shape index (κ3) is 4.14. The fourth-order valence-electron chi connectivity index (χ4n) is 3.62. The molecule has 1 aromatic carbocycles. The van der Waals surface area contributed by atoms with Gasteiger partial charge < -0.3 is 19.5 Å². The van der Waals surface area contributed by atoms with Gasteiger partial charge in [0.05, 0.1) is 0 Å². The number of rotatable bonds is 6. The van der Waals surface area contributed by atoms with Crippen LogP contribution in [0.4, 0.5) is 5.69 Å². The zero-order chi connectivity index (χ0) is 21.1. The summed E-state index contributed by atoms with van der Waals surface area (Å²) in [4.78, 5) is 36.0. The van der Waals surface area contributed by atoms with E-state index in [4.69, 9.17) is 14.2 Å². The summed E-state index contributed by atoms with van der Waals surface area (Å²) in [5, 5.41) is 6.64. The van der Waals surface area contributed by atoms with E-state index in [1.54, 1.807) is 18.2 Å². The highest BCUT2D eigenvalue weighted by Crippen LogP contribution is 2.47. The molecule has 2 aromatic rings. The topological polar surface area (TPSA) is 109 Å². The van der Waals surface area contributed by atoms with Crippen LogP contribution in [0.25, 0.3) is 0 Å². The van der Waals surface area contributed by atoms with Crippen LogP contribution in [0.3, 0.4) is 0 Å². The molecule has 0 atom stereocenters. The maximum atomic E-state index is 12.2. The van der Waals surface area contributed by atoms with Crippen LogP contribution in [0.1, 0.15) is 49.5 Å². The molecule has 0 unspecified atom stereocenters. The van der Waals surface area contributed by atoms with Crippen LogP contribution < -0.4 is 20.3 Å². The van der Waals surface area contributed by atoms with Gasteiger partial charge >= 0.3 is 5.97 Å². The largest absolute Gasteiger partial charge is 0.451 e. The first-order valence-corrected chi connectivity index (χ1v) is 10.1. The molecule has 2 aliphatic rings. The summed E-state index contributed by atoms with van der Waals surface area (Å²) >= 11 is 0. The average molecular weight is 413 g/mol. The van der Waals surface area contributed by atoms with Crippen molar-refractivity contribution in [3.8, 4) is 11.5 Å². The highest BCUT2D eigenvalue weighted by Gasteiger charge is 2.44. The Morgan fingerprint density at radius 3 is 2.70 bits per heavy atom. The normalized spacial score (nSPS) is 15.9. The van der Waals surface area contributed by atoms with Gasteiger partial charge in [-0.1, -0.05) is 6.92 Å². The van der Waals surface area contributed by atoms with Gasteiger partial charge in [-0.05, 0) is 37.5 Å². The molecule has 1 aromatic heterocycles. The number of amides is 1. The third-order valence-corrected chi connectivity index (χ3v) is 5.03. The van der Waals surface area contributed by atoms with Gasteiger partial charge in [0.1, 0.15) is 0 Å². The summed E-state index contributed by atoms with van der Waals surface area (Å²) in [7, 11) is 0. The van der Waals surface area contributed by atoms with E-state index in [-0.39, 0.29) is 11.3 Å². The Balaban J connectivity index is 1.33. The van der Waals surface area contributed by atoms with E-state index in [2.05, 4.69) is 10.4 Å². The fraction of sp³-hybridized carbons (Fsp3) is 0.429. The van der Waals surface area contributed by atoms with E-state index in [9.17, 15) is 14.4 Å². The van der Waals surface area contributed by atoms with E-state index in [0.29, 0.717) is 30.2 Å².